The lowest BCUT2D eigenvalue weighted by Gasteiger charge is -2.40. The highest BCUT2D eigenvalue weighted by Crippen LogP contribution is 2.48. The standard InChI is InChI=1S/C27H37NO2/c1-30-26-8-6-20(9-14-27(29)12-3-2-4-13-27)18-24(26)22-10-15-28(16-11-22)25-19-21-5-7-23(25)17-21/h6,8,18,21-23,25,29H,2-5,7,10-13,15-17,19H2,1H3/t21-,23?,25+/m0/s1. The van der Waals surface area contributed by atoms with E-state index in [1.165, 1.54) is 63.6 Å². The Labute approximate surface area is 182 Å². The van der Waals surface area contributed by atoms with E-state index in [1.54, 1.807) is 7.11 Å². The molecular formula is C27H37NO2. The number of hydrogen-bond donors (Lipinski definition) is 1. The average molecular weight is 408 g/mol. The van der Waals surface area contributed by atoms with Crippen molar-refractivity contribution in [3.05, 3.63) is 29.3 Å². The summed E-state index contributed by atoms with van der Waals surface area (Å²) in [6.07, 6.45) is 13.3. The molecule has 3 aliphatic carbocycles. The van der Waals surface area contributed by atoms with E-state index in [1.807, 2.05) is 6.07 Å². The maximum Gasteiger partial charge on any atom is 0.125 e. The van der Waals surface area contributed by atoms with E-state index in [-0.39, 0.29) is 0 Å². The van der Waals surface area contributed by atoms with Crippen molar-refractivity contribution in [2.45, 2.75) is 88.2 Å². The zero-order valence-electron chi connectivity index (χ0n) is 18.5. The largest absolute Gasteiger partial charge is 0.496 e. The molecule has 1 unspecified atom stereocenters. The van der Waals surface area contributed by atoms with Crippen molar-refractivity contribution in [2.75, 3.05) is 20.2 Å². The first kappa shape index (κ1) is 20.4. The molecule has 5 rings (SSSR count). The summed E-state index contributed by atoms with van der Waals surface area (Å²) in [5.41, 5.74) is 1.54. The molecule has 1 heterocycles. The maximum atomic E-state index is 10.7. The highest BCUT2D eigenvalue weighted by molar-refractivity contribution is 5.46. The van der Waals surface area contributed by atoms with Crippen LogP contribution in [0.2, 0.25) is 0 Å². The Bertz CT molecular complexity index is 808. The summed E-state index contributed by atoms with van der Waals surface area (Å²) in [6, 6.07) is 7.22. The molecule has 1 aromatic carbocycles. The molecule has 3 heteroatoms. The molecule has 30 heavy (non-hydrogen) atoms. The third-order valence-corrected chi connectivity index (χ3v) is 8.49. The van der Waals surface area contributed by atoms with Gasteiger partial charge >= 0.3 is 0 Å². The van der Waals surface area contributed by atoms with Gasteiger partial charge in [0.2, 0.25) is 0 Å². The van der Waals surface area contributed by atoms with E-state index in [2.05, 4.69) is 28.9 Å². The van der Waals surface area contributed by atoms with Crippen LogP contribution in [-0.4, -0.2) is 41.8 Å². The van der Waals surface area contributed by atoms with Crippen LogP contribution in [0.3, 0.4) is 0 Å². The summed E-state index contributed by atoms with van der Waals surface area (Å²) in [4.78, 5) is 2.80. The van der Waals surface area contributed by atoms with Gasteiger partial charge in [-0.2, -0.15) is 0 Å². The van der Waals surface area contributed by atoms with Crippen LogP contribution in [0.5, 0.6) is 5.75 Å². The number of aliphatic hydroxyl groups is 1. The van der Waals surface area contributed by atoms with Crippen LogP contribution < -0.4 is 4.74 Å². The van der Waals surface area contributed by atoms with Gasteiger partial charge in [0.15, 0.2) is 0 Å². The molecule has 3 nitrogen and oxygen atoms in total. The second-order valence-electron chi connectivity index (χ2n) is 10.4. The van der Waals surface area contributed by atoms with Crippen molar-refractivity contribution in [2.24, 2.45) is 11.8 Å². The Morgan fingerprint density at radius 3 is 2.50 bits per heavy atom. The summed E-state index contributed by atoms with van der Waals surface area (Å²) in [5.74, 6) is 10.0. The molecule has 0 radical (unpaired) electrons. The summed E-state index contributed by atoms with van der Waals surface area (Å²) >= 11 is 0. The van der Waals surface area contributed by atoms with Gasteiger partial charge < -0.3 is 14.7 Å². The van der Waals surface area contributed by atoms with Crippen molar-refractivity contribution in [3.63, 3.8) is 0 Å². The van der Waals surface area contributed by atoms with Crippen molar-refractivity contribution in [1.82, 2.24) is 4.90 Å². The fourth-order valence-electron chi connectivity index (χ4n) is 6.78. The Morgan fingerprint density at radius 1 is 1.03 bits per heavy atom. The highest BCUT2D eigenvalue weighted by atomic mass is 16.5. The number of ether oxygens (including phenoxy) is 1. The van der Waals surface area contributed by atoms with Crippen LogP contribution >= 0.6 is 0 Å². The van der Waals surface area contributed by atoms with E-state index in [0.717, 1.165) is 54.9 Å². The van der Waals surface area contributed by atoms with Gasteiger partial charge in [-0.25, -0.2) is 0 Å². The lowest BCUT2D eigenvalue weighted by molar-refractivity contribution is 0.0610. The van der Waals surface area contributed by atoms with Crippen LogP contribution in [-0.2, 0) is 0 Å². The molecule has 1 aliphatic heterocycles. The monoisotopic (exact) mass is 407 g/mol. The zero-order chi connectivity index (χ0) is 20.6. The SMILES string of the molecule is COc1ccc(C#CC2(O)CCCCC2)cc1C1CCN([C@@H]2C[C@H]3CCC2C3)CC1. The zero-order valence-corrected chi connectivity index (χ0v) is 18.5. The number of hydrogen-bond acceptors (Lipinski definition) is 3. The summed E-state index contributed by atoms with van der Waals surface area (Å²) in [5, 5.41) is 10.7. The topological polar surface area (TPSA) is 32.7 Å². The third-order valence-electron chi connectivity index (χ3n) is 8.49. The molecule has 1 N–H and O–H groups in total. The Balaban J connectivity index is 1.28. The second-order valence-corrected chi connectivity index (χ2v) is 10.4. The number of likely N-dealkylation sites (tertiary alicyclic amines) is 1. The maximum absolute atomic E-state index is 10.7. The normalized spacial score (nSPS) is 31.3. The lowest BCUT2D eigenvalue weighted by atomic mass is 9.84. The molecule has 1 aromatic rings. The van der Waals surface area contributed by atoms with Gasteiger partial charge in [-0.05, 0) is 112 Å². The van der Waals surface area contributed by atoms with Gasteiger partial charge in [-0.3, -0.25) is 0 Å². The number of rotatable bonds is 3. The third kappa shape index (κ3) is 4.14. The van der Waals surface area contributed by atoms with Crippen LogP contribution in [0.15, 0.2) is 18.2 Å². The number of methoxy groups -OCH3 is 1. The first-order chi connectivity index (χ1) is 14.6. The molecule has 2 bridgehead atoms. The first-order valence-electron chi connectivity index (χ1n) is 12.3. The first-order valence-corrected chi connectivity index (χ1v) is 12.3. The fraction of sp³-hybridized carbons (Fsp3) is 0.704. The van der Waals surface area contributed by atoms with E-state index in [9.17, 15) is 5.11 Å². The van der Waals surface area contributed by atoms with Gasteiger partial charge in [-0.1, -0.05) is 24.7 Å². The van der Waals surface area contributed by atoms with Crippen molar-refractivity contribution < 1.29 is 9.84 Å². The van der Waals surface area contributed by atoms with Crippen LogP contribution in [0.1, 0.15) is 87.7 Å². The average Bonchev–Trinajstić information content (AvgIpc) is 3.42. The predicted molar refractivity (Wildman–Crippen MR) is 121 cm³/mol. The Hall–Kier alpha value is -1.50. The van der Waals surface area contributed by atoms with Gasteiger partial charge in [0.05, 0.1) is 7.11 Å². The quantitative estimate of drug-likeness (QED) is 0.707. The van der Waals surface area contributed by atoms with Crippen molar-refractivity contribution >= 4 is 0 Å². The van der Waals surface area contributed by atoms with Gasteiger partial charge in [0, 0.05) is 11.6 Å². The molecule has 4 aliphatic rings. The van der Waals surface area contributed by atoms with Crippen LogP contribution in [0.25, 0.3) is 0 Å². The van der Waals surface area contributed by atoms with Gasteiger partial charge in [0.1, 0.15) is 11.4 Å². The van der Waals surface area contributed by atoms with Crippen molar-refractivity contribution in [1.29, 1.82) is 0 Å². The van der Waals surface area contributed by atoms with Crippen molar-refractivity contribution in [3.8, 4) is 17.6 Å². The number of piperidine rings is 1. The highest BCUT2D eigenvalue weighted by Gasteiger charge is 2.43. The summed E-state index contributed by atoms with van der Waals surface area (Å²) < 4.78 is 5.72. The van der Waals surface area contributed by atoms with E-state index < -0.39 is 5.60 Å². The lowest BCUT2D eigenvalue weighted by Crippen LogP contribution is -2.43. The predicted octanol–water partition coefficient (Wildman–Crippen LogP) is 5.11. The fourth-order valence-corrected chi connectivity index (χ4v) is 6.78. The van der Waals surface area contributed by atoms with E-state index in [4.69, 9.17) is 4.74 Å². The Morgan fingerprint density at radius 2 is 1.83 bits per heavy atom. The number of fused-ring (bicyclic) bond motifs is 2. The molecule has 0 aromatic heterocycles. The molecule has 3 saturated carbocycles. The smallest absolute Gasteiger partial charge is 0.125 e. The molecule has 1 saturated heterocycles. The molecule has 3 atom stereocenters. The Kier molecular flexibility index (Phi) is 5.82. The number of benzene rings is 1. The van der Waals surface area contributed by atoms with Crippen LogP contribution in [0, 0.1) is 23.7 Å². The molecule has 0 spiro atoms. The molecule has 0 amide bonds. The van der Waals surface area contributed by atoms with Gasteiger partial charge in [0.25, 0.3) is 0 Å². The minimum atomic E-state index is -0.787. The second kappa shape index (κ2) is 8.56. The molecular weight excluding hydrogens is 370 g/mol. The number of nitrogens with zero attached hydrogens (tertiary/aromatic N) is 1. The minimum absolute atomic E-state index is 0.550. The molecule has 4 fully saturated rings. The van der Waals surface area contributed by atoms with Gasteiger partial charge in [-0.15, -0.1) is 0 Å². The summed E-state index contributed by atoms with van der Waals surface area (Å²) in [7, 11) is 1.78. The minimum Gasteiger partial charge on any atom is -0.496 e. The van der Waals surface area contributed by atoms with E-state index >= 15 is 0 Å². The molecule has 162 valence electrons. The van der Waals surface area contributed by atoms with E-state index in [0.29, 0.717) is 5.92 Å². The van der Waals surface area contributed by atoms with Crippen LogP contribution in [0.4, 0.5) is 0 Å². The summed E-state index contributed by atoms with van der Waals surface area (Å²) in [6.45, 7) is 2.44.